The van der Waals surface area contributed by atoms with Crippen LogP contribution in [0.1, 0.15) is 29.2 Å². The van der Waals surface area contributed by atoms with Gasteiger partial charge in [0, 0.05) is 43.9 Å². The van der Waals surface area contributed by atoms with Gasteiger partial charge in [-0.15, -0.1) is 0 Å². The van der Waals surface area contributed by atoms with E-state index in [4.69, 9.17) is 9.47 Å². The van der Waals surface area contributed by atoms with Gasteiger partial charge in [-0.2, -0.15) is 0 Å². The van der Waals surface area contributed by atoms with Crippen LogP contribution in [0.5, 0.6) is 11.5 Å². The van der Waals surface area contributed by atoms with Gasteiger partial charge in [0.15, 0.2) is 11.5 Å². The lowest BCUT2D eigenvalue weighted by Crippen LogP contribution is -2.67. The van der Waals surface area contributed by atoms with Crippen molar-refractivity contribution < 1.29 is 23.9 Å². The number of barbiturate groups is 1. The van der Waals surface area contributed by atoms with Gasteiger partial charge in [0.1, 0.15) is 5.41 Å². The molecule has 7 rings (SSSR count). The van der Waals surface area contributed by atoms with E-state index in [2.05, 4.69) is 10.2 Å². The Morgan fingerprint density at radius 1 is 0.854 bits per heavy atom. The van der Waals surface area contributed by atoms with Gasteiger partial charge in [-0.3, -0.25) is 24.6 Å². The molecule has 0 unspecified atom stereocenters. The van der Waals surface area contributed by atoms with E-state index in [0.29, 0.717) is 31.1 Å². The highest BCUT2D eigenvalue weighted by atomic mass is 16.7. The summed E-state index contributed by atoms with van der Waals surface area (Å²) >= 11 is 0. The zero-order chi connectivity index (χ0) is 28.1. The Morgan fingerprint density at radius 2 is 1.68 bits per heavy atom. The number of hydrogen-bond acceptors (Lipinski definition) is 7. The van der Waals surface area contributed by atoms with E-state index in [9.17, 15) is 19.2 Å². The van der Waals surface area contributed by atoms with E-state index in [-0.39, 0.29) is 43.7 Å². The van der Waals surface area contributed by atoms with Crippen molar-refractivity contribution in [3.63, 3.8) is 0 Å². The Morgan fingerprint density at radius 3 is 2.54 bits per heavy atom. The number of aromatic nitrogens is 1. The molecule has 0 saturated carbocycles. The fourth-order valence-corrected chi connectivity index (χ4v) is 6.90. The highest BCUT2D eigenvalue weighted by Gasteiger charge is 2.55. The van der Waals surface area contributed by atoms with Crippen LogP contribution in [0.3, 0.4) is 0 Å². The van der Waals surface area contributed by atoms with Crippen LogP contribution in [0.4, 0.5) is 4.79 Å². The number of piperidine rings is 1. The summed E-state index contributed by atoms with van der Waals surface area (Å²) in [6.45, 7) is 2.18. The van der Waals surface area contributed by atoms with Crippen molar-refractivity contribution in [3.8, 4) is 11.5 Å². The Balaban J connectivity index is 1.24. The summed E-state index contributed by atoms with van der Waals surface area (Å²) in [5.74, 6) is 0.395. The van der Waals surface area contributed by atoms with Crippen LogP contribution in [-0.2, 0) is 29.1 Å². The number of carbonyl (C=O) groups is 3. The Bertz CT molecular complexity index is 1600. The van der Waals surface area contributed by atoms with E-state index in [0.717, 1.165) is 28.1 Å². The number of nitrogens with zero attached hydrogens (tertiary/aromatic N) is 3. The third kappa shape index (κ3) is 4.48. The molecule has 3 aromatic rings. The maximum absolute atomic E-state index is 14.4. The Kier molecular flexibility index (Phi) is 6.15. The molecule has 2 fully saturated rings. The lowest BCUT2D eigenvalue weighted by molar-refractivity contribution is -0.154. The Labute approximate surface area is 236 Å². The molecule has 4 amide bonds. The first-order chi connectivity index (χ1) is 19.9. The first kappa shape index (κ1) is 25.5. The molecule has 3 atom stereocenters. The molecular formula is C31H30N4O6. The molecule has 10 nitrogen and oxygen atoms in total. The summed E-state index contributed by atoms with van der Waals surface area (Å²) in [5.41, 5.74) is 0.974. The average molecular weight is 555 g/mol. The number of rotatable bonds is 6. The molecule has 5 heterocycles. The second-order valence-corrected chi connectivity index (χ2v) is 11.5. The molecule has 1 aromatic heterocycles. The molecule has 0 aliphatic carbocycles. The van der Waals surface area contributed by atoms with E-state index in [1.54, 1.807) is 24.3 Å². The summed E-state index contributed by atoms with van der Waals surface area (Å²) < 4.78 is 12.9. The van der Waals surface area contributed by atoms with Gasteiger partial charge in [0.25, 0.3) is 5.56 Å². The molecular weight excluding hydrogens is 524 g/mol. The number of urea groups is 1. The summed E-state index contributed by atoms with van der Waals surface area (Å²) in [4.78, 5) is 57.1. The molecule has 2 aromatic carbocycles. The van der Waals surface area contributed by atoms with Crippen molar-refractivity contribution in [1.29, 1.82) is 0 Å². The number of imide groups is 2. The number of amides is 4. The largest absolute Gasteiger partial charge is 0.454 e. The van der Waals surface area contributed by atoms with Gasteiger partial charge in [-0.25, -0.2) is 4.79 Å². The van der Waals surface area contributed by atoms with E-state index >= 15 is 0 Å². The van der Waals surface area contributed by atoms with Crippen molar-refractivity contribution in [2.75, 3.05) is 26.4 Å². The van der Waals surface area contributed by atoms with Crippen molar-refractivity contribution >= 4 is 17.8 Å². The number of nitrogens with one attached hydrogen (secondary N) is 1. The van der Waals surface area contributed by atoms with Crippen LogP contribution in [0.25, 0.3) is 0 Å². The summed E-state index contributed by atoms with van der Waals surface area (Å²) in [6.07, 6.45) is 1.04. The van der Waals surface area contributed by atoms with Crippen LogP contribution < -0.4 is 20.3 Å². The standard InChI is InChI=1S/C31H30N4O6/c36-27-8-4-7-24-23-11-22(16-34(24)27)14-33(17-23)18-31(13-21-9-10-25-26(12-21)41-19-40-25)28(37)32-30(39)35(29(31)38)15-20-5-2-1-3-6-20/h1-10,12,22-23H,11,13-19H2,(H,32,37,39)/t22-,23-,31+/m0/s1. The molecule has 1 N–H and O–H groups in total. The SMILES string of the molecule is O=C1NC(=O)[C@@](Cc2ccc3c(c2)OCO3)(CN2C[C@@H]3C[C@@H](C2)c2cccc(=O)n2C3)C(=O)N1Cc1ccccc1. The second-order valence-electron chi connectivity index (χ2n) is 11.5. The van der Waals surface area contributed by atoms with Gasteiger partial charge in [0.2, 0.25) is 18.6 Å². The molecule has 210 valence electrons. The average Bonchev–Trinajstić information content (AvgIpc) is 3.43. The topological polar surface area (TPSA) is 110 Å². The van der Waals surface area contributed by atoms with Gasteiger partial charge >= 0.3 is 6.03 Å². The van der Waals surface area contributed by atoms with Crippen LogP contribution in [0.15, 0.2) is 71.5 Å². The predicted molar refractivity (Wildman–Crippen MR) is 147 cm³/mol. The fraction of sp³-hybridized carbons (Fsp3) is 0.355. The smallest absolute Gasteiger partial charge is 0.331 e. The number of likely N-dealkylation sites (tertiary alicyclic amines) is 1. The maximum Gasteiger partial charge on any atom is 0.331 e. The molecule has 0 radical (unpaired) electrons. The van der Waals surface area contributed by atoms with Gasteiger partial charge < -0.3 is 18.9 Å². The minimum Gasteiger partial charge on any atom is -0.454 e. The van der Waals surface area contributed by atoms with Crippen molar-refractivity contribution in [3.05, 3.63) is 93.9 Å². The molecule has 10 heteroatoms. The van der Waals surface area contributed by atoms with Crippen molar-refractivity contribution in [2.45, 2.75) is 31.8 Å². The normalized spacial score (nSPS) is 25.2. The minimum absolute atomic E-state index is 0.00170. The third-order valence-corrected chi connectivity index (χ3v) is 8.73. The molecule has 4 aliphatic heterocycles. The summed E-state index contributed by atoms with van der Waals surface area (Å²) in [6, 6.07) is 19.3. The van der Waals surface area contributed by atoms with E-state index < -0.39 is 23.3 Å². The molecule has 0 spiro atoms. The van der Waals surface area contributed by atoms with E-state index in [1.165, 1.54) is 0 Å². The van der Waals surface area contributed by atoms with Gasteiger partial charge in [-0.1, -0.05) is 42.5 Å². The summed E-state index contributed by atoms with van der Waals surface area (Å²) in [5, 5.41) is 2.51. The number of carbonyl (C=O) groups excluding carboxylic acids is 3. The lowest BCUT2D eigenvalue weighted by Gasteiger charge is -2.47. The predicted octanol–water partition coefficient (Wildman–Crippen LogP) is 2.50. The number of benzene rings is 2. The maximum atomic E-state index is 14.4. The first-order valence-electron chi connectivity index (χ1n) is 13.9. The quantitative estimate of drug-likeness (QED) is 0.467. The zero-order valence-electron chi connectivity index (χ0n) is 22.5. The monoisotopic (exact) mass is 554 g/mol. The molecule has 2 saturated heterocycles. The number of ether oxygens (including phenoxy) is 2. The zero-order valence-corrected chi connectivity index (χ0v) is 22.5. The van der Waals surface area contributed by atoms with E-state index in [1.807, 2.05) is 47.0 Å². The second kappa shape index (κ2) is 9.88. The molecule has 2 bridgehead atoms. The van der Waals surface area contributed by atoms with Crippen molar-refractivity contribution in [1.82, 2.24) is 19.7 Å². The third-order valence-electron chi connectivity index (χ3n) is 8.73. The number of hydrogen-bond donors (Lipinski definition) is 1. The number of fused-ring (bicyclic) bond motifs is 5. The van der Waals surface area contributed by atoms with Crippen LogP contribution in [0, 0.1) is 11.3 Å². The minimum atomic E-state index is -1.54. The van der Waals surface area contributed by atoms with Crippen molar-refractivity contribution in [2.24, 2.45) is 11.3 Å². The lowest BCUT2D eigenvalue weighted by atomic mass is 9.75. The fourth-order valence-electron chi connectivity index (χ4n) is 6.90. The number of pyridine rings is 1. The van der Waals surface area contributed by atoms with Gasteiger partial charge in [0.05, 0.1) is 6.54 Å². The van der Waals surface area contributed by atoms with Crippen LogP contribution in [-0.4, -0.2) is 58.6 Å². The Hall–Kier alpha value is -4.44. The van der Waals surface area contributed by atoms with Crippen LogP contribution >= 0.6 is 0 Å². The van der Waals surface area contributed by atoms with Gasteiger partial charge in [-0.05, 0) is 48.1 Å². The molecule has 41 heavy (non-hydrogen) atoms. The summed E-state index contributed by atoms with van der Waals surface area (Å²) in [7, 11) is 0. The first-order valence-corrected chi connectivity index (χ1v) is 13.9. The highest BCUT2D eigenvalue weighted by Crippen LogP contribution is 2.40. The van der Waals surface area contributed by atoms with Crippen LogP contribution in [0.2, 0.25) is 0 Å². The highest BCUT2D eigenvalue weighted by molar-refractivity contribution is 6.19. The molecule has 4 aliphatic rings.